The van der Waals surface area contributed by atoms with Crippen LogP contribution in [0.5, 0.6) is 0 Å². The number of aromatic nitrogens is 3. The SMILES string of the molecule is CCn1c(CN(/C=C\N)Cc2ccc(C)c(F)c2)nc2cccnc21. The maximum atomic E-state index is 13.8. The molecule has 0 amide bonds. The fourth-order valence-corrected chi connectivity index (χ4v) is 2.89. The molecule has 3 rings (SSSR count). The maximum absolute atomic E-state index is 13.8. The largest absolute Gasteiger partial charge is 0.403 e. The number of aryl methyl sites for hydroxylation is 2. The van der Waals surface area contributed by atoms with Gasteiger partial charge in [0.2, 0.25) is 0 Å². The van der Waals surface area contributed by atoms with Crippen LogP contribution >= 0.6 is 0 Å². The van der Waals surface area contributed by atoms with Gasteiger partial charge in [-0.1, -0.05) is 12.1 Å². The Hall–Kier alpha value is -2.89. The summed E-state index contributed by atoms with van der Waals surface area (Å²) in [7, 11) is 0. The lowest BCUT2D eigenvalue weighted by atomic mass is 10.1. The van der Waals surface area contributed by atoms with Gasteiger partial charge in [0.1, 0.15) is 17.2 Å². The highest BCUT2D eigenvalue weighted by Gasteiger charge is 2.13. The van der Waals surface area contributed by atoms with Gasteiger partial charge in [0.05, 0.1) is 6.54 Å². The van der Waals surface area contributed by atoms with Crippen molar-refractivity contribution >= 4 is 11.2 Å². The molecule has 2 aromatic heterocycles. The first kappa shape index (κ1) is 17.0. The Morgan fingerprint density at radius 1 is 1.28 bits per heavy atom. The van der Waals surface area contributed by atoms with Gasteiger partial charge < -0.3 is 15.2 Å². The lowest BCUT2D eigenvalue weighted by Crippen LogP contribution is -2.20. The summed E-state index contributed by atoms with van der Waals surface area (Å²) in [5, 5.41) is 0. The van der Waals surface area contributed by atoms with Crippen LogP contribution in [-0.2, 0) is 19.6 Å². The number of rotatable bonds is 6. The Bertz CT molecular complexity index is 900. The fourth-order valence-electron chi connectivity index (χ4n) is 2.89. The smallest absolute Gasteiger partial charge is 0.160 e. The van der Waals surface area contributed by atoms with Crippen molar-refractivity contribution in [1.82, 2.24) is 19.4 Å². The number of benzene rings is 1. The third-order valence-electron chi connectivity index (χ3n) is 4.16. The summed E-state index contributed by atoms with van der Waals surface area (Å²) < 4.78 is 15.9. The van der Waals surface area contributed by atoms with Crippen LogP contribution in [0.3, 0.4) is 0 Å². The van der Waals surface area contributed by atoms with Crippen LogP contribution in [0, 0.1) is 12.7 Å². The topological polar surface area (TPSA) is 60.0 Å². The molecule has 0 saturated heterocycles. The molecule has 130 valence electrons. The molecular formula is C19H22FN5. The highest BCUT2D eigenvalue weighted by Crippen LogP contribution is 2.17. The van der Waals surface area contributed by atoms with Crippen molar-refractivity contribution in [3.63, 3.8) is 0 Å². The number of hydrogen-bond acceptors (Lipinski definition) is 4. The zero-order valence-electron chi connectivity index (χ0n) is 14.5. The van der Waals surface area contributed by atoms with Gasteiger partial charge in [-0.05, 0) is 43.2 Å². The average Bonchev–Trinajstić information content (AvgIpc) is 2.95. The first-order chi connectivity index (χ1) is 12.1. The van der Waals surface area contributed by atoms with E-state index in [0.29, 0.717) is 18.7 Å². The molecule has 0 saturated carbocycles. The second-order valence-corrected chi connectivity index (χ2v) is 5.95. The first-order valence-corrected chi connectivity index (χ1v) is 8.30. The summed E-state index contributed by atoms with van der Waals surface area (Å²) in [4.78, 5) is 11.1. The summed E-state index contributed by atoms with van der Waals surface area (Å²) in [5.41, 5.74) is 8.88. The molecule has 0 fully saturated rings. The van der Waals surface area contributed by atoms with E-state index in [4.69, 9.17) is 5.73 Å². The molecule has 0 aliphatic rings. The van der Waals surface area contributed by atoms with Crippen LogP contribution in [0.2, 0.25) is 0 Å². The van der Waals surface area contributed by atoms with Gasteiger partial charge in [0, 0.05) is 31.7 Å². The van der Waals surface area contributed by atoms with E-state index in [2.05, 4.69) is 21.5 Å². The Balaban J connectivity index is 1.88. The molecule has 0 bridgehead atoms. The quantitative estimate of drug-likeness (QED) is 0.748. The van der Waals surface area contributed by atoms with Crippen molar-refractivity contribution in [1.29, 1.82) is 0 Å². The summed E-state index contributed by atoms with van der Waals surface area (Å²) in [6.07, 6.45) is 5.05. The van der Waals surface area contributed by atoms with Crippen LogP contribution in [0.25, 0.3) is 11.2 Å². The molecule has 0 spiro atoms. The summed E-state index contributed by atoms with van der Waals surface area (Å²) in [6.45, 7) is 5.71. The van der Waals surface area contributed by atoms with Gasteiger partial charge in [-0.15, -0.1) is 0 Å². The van der Waals surface area contributed by atoms with E-state index in [1.165, 1.54) is 6.20 Å². The third kappa shape index (κ3) is 3.63. The van der Waals surface area contributed by atoms with Crippen LogP contribution in [0.1, 0.15) is 23.9 Å². The average molecular weight is 339 g/mol. The third-order valence-corrected chi connectivity index (χ3v) is 4.16. The summed E-state index contributed by atoms with van der Waals surface area (Å²) in [6, 6.07) is 9.12. The Labute approximate surface area is 146 Å². The molecular weight excluding hydrogens is 317 g/mol. The molecule has 25 heavy (non-hydrogen) atoms. The highest BCUT2D eigenvalue weighted by molar-refractivity contribution is 5.71. The summed E-state index contributed by atoms with van der Waals surface area (Å²) in [5.74, 6) is 0.709. The lowest BCUT2D eigenvalue weighted by molar-refractivity contribution is 0.345. The highest BCUT2D eigenvalue weighted by atomic mass is 19.1. The van der Waals surface area contributed by atoms with Crippen LogP contribution in [-0.4, -0.2) is 19.4 Å². The van der Waals surface area contributed by atoms with Crippen molar-refractivity contribution in [3.05, 3.63) is 71.7 Å². The molecule has 0 aliphatic heterocycles. The second-order valence-electron chi connectivity index (χ2n) is 5.95. The Kier molecular flexibility index (Phi) is 4.97. The minimum atomic E-state index is -0.195. The van der Waals surface area contributed by atoms with E-state index in [-0.39, 0.29) is 5.82 Å². The van der Waals surface area contributed by atoms with Gasteiger partial charge in [-0.3, -0.25) is 0 Å². The number of pyridine rings is 1. The van der Waals surface area contributed by atoms with Crippen LogP contribution in [0.4, 0.5) is 4.39 Å². The van der Waals surface area contributed by atoms with E-state index in [0.717, 1.165) is 29.1 Å². The van der Waals surface area contributed by atoms with Crippen molar-refractivity contribution in [2.75, 3.05) is 0 Å². The molecule has 3 aromatic rings. The molecule has 6 heteroatoms. The second kappa shape index (κ2) is 7.34. The van der Waals surface area contributed by atoms with E-state index in [9.17, 15) is 4.39 Å². The predicted octanol–water partition coefficient (Wildman–Crippen LogP) is 3.33. The zero-order chi connectivity index (χ0) is 17.8. The van der Waals surface area contributed by atoms with Gasteiger partial charge >= 0.3 is 0 Å². The summed E-state index contributed by atoms with van der Waals surface area (Å²) >= 11 is 0. The molecule has 0 radical (unpaired) electrons. The molecule has 5 nitrogen and oxygen atoms in total. The van der Waals surface area contributed by atoms with Crippen molar-refractivity contribution in [2.45, 2.75) is 33.5 Å². The van der Waals surface area contributed by atoms with E-state index < -0.39 is 0 Å². The monoisotopic (exact) mass is 339 g/mol. The Morgan fingerprint density at radius 2 is 2.12 bits per heavy atom. The zero-order valence-corrected chi connectivity index (χ0v) is 14.5. The van der Waals surface area contributed by atoms with Gasteiger partial charge in [0.25, 0.3) is 0 Å². The number of imidazole rings is 1. The van der Waals surface area contributed by atoms with Gasteiger partial charge in [0.15, 0.2) is 5.65 Å². The number of hydrogen-bond donors (Lipinski definition) is 1. The molecule has 0 aliphatic carbocycles. The van der Waals surface area contributed by atoms with E-state index in [1.54, 1.807) is 31.5 Å². The van der Waals surface area contributed by atoms with Crippen molar-refractivity contribution < 1.29 is 4.39 Å². The molecule has 2 heterocycles. The van der Waals surface area contributed by atoms with Crippen LogP contribution < -0.4 is 5.73 Å². The minimum Gasteiger partial charge on any atom is -0.403 e. The number of halogens is 1. The molecule has 0 atom stereocenters. The van der Waals surface area contributed by atoms with Crippen LogP contribution in [0.15, 0.2) is 48.9 Å². The molecule has 1 aromatic carbocycles. The van der Waals surface area contributed by atoms with Crippen molar-refractivity contribution in [3.8, 4) is 0 Å². The first-order valence-electron chi connectivity index (χ1n) is 8.30. The molecule has 2 N–H and O–H groups in total. The fraction of sp³-hybridized carbons (Fsp3) is 0.263. The Morgan fingerprint density at radius 3 is 2.84 bits per heavy atom. The lowest BCUT2D eigenvalue weighted by Gasteiger charge is -2.20. The minimum absolute atomic E-state index is 0.195. The van der Waals surface area contributed by atoms with E-state index >= 15 is 0 Å². The van der Waals surface area contributed by atoms with Crippen molar-refractivity contribution in [2.24, 2.45) is 5.73 Å². The number of nitrogens with zero attached hydrogens (tertiary/aromatic N) is 4. The number of nitrogens with two attached hydrogens (primary N) is 1. The van der Waals surface area contributed by atoms with Gasteiger partial charge in [-0.2, -0.15) is 0 Å². The molecule has 0 unspecified atom stereocenters. The normalized spacial score (nSPS) is 11.5. The maximum Gasteiger partial charge on any atom is 0.160 e. The van der Waals surface area contributed by atoms with E-state index in [1.807, 2.05) is 23.1 Å². The number of fused-ring (bicyclic) bond motifs is 1. The predicted molar refractivity (Wildman–Crippen MR) is 96.9 cm³/mol. The standard InChI is InChI=1S/C19H22FN5/c1-3-25-18(23-17-5-4-9-22-19(17)25)13-24(10-8-21)12-15-7-6-14(2)16(20)11-15/h4-11H,3,12-13,21H2,1-2H3/b10-8-. The van der Waals surface area contributed by atoms with Gasteiger partial charge in [-0.25, -0.2) is 14.4 Å².